The molecule has 8 nitrogen and oxygen atoms in total. The Kier molecular flexibility index (Phi) is 3.91. The second-order valence-electron chi connectivity index (χ2n) is 6.91. The van der Waals surface area contributed by atoms with E-state index >= 15 is 0 Å². The molecule has 0 spiro atoms. The maximum atomic E-state index is 12.9. The first-order valence-corrected chi connectivity index (χ1v) is 8.68. The van der Waals surface area contributed by atoms with Gasteiger partial charge in [0.2, 0.25) is 5.91 Å². The monoisotopic (exact) mass is 342 g/mol. The Morgan fingerprint density at radius 3 is 2.92 bits per heavy atom. The second kappa shape index (κ2) is 6.11. The van der Waals surface area contributed by atoms with Crippen molar-refractivity contribution in [3.8, 4) is 0 Å². The van der Waals surface area contributed by atoms with Crippen LogP contribution < -0.4 is 5.32 Å². The van der Waals surface area contributed by atoms with Gasteiger partial charge in [-0.3, -0.25) is 14.5 Å². The molecule has 0 saturated carbocycles. The number of carbonyl (C=O) groups excluding carboxylic acids is 2. The van der Waals surface area contributed by atoms with E-state index in [1.165, 1.54) is 0 Å². The van der Waals surface area contributed by atoms with E-state index in [1.54, 1.807) is 23.5 Å². The summed E-state index contributed by atoms with van der Waals surface area (Å²) in [4.78, 5) is 37.6. The van der Waals surface area contributed by atoms with Gasteiger partial charge in [-0.15, -0.1) is 0 Å². The van der Waals surface area contributed by atoms with Gasteiger partial charge >= 0.3 is 0 Å². The van der Waals surface area contributed by atoms with Gasteiger partial charge in [0, 0.05) is 45.0 Å². The molecule has 25 heavy (non-hydrogen) atoms. The van der Waals surface area contributed by atoms with Gasteiger partial charge in [-0.25, -0.2) is 9.97 Å². The van der Waals surface area contributed by atoms with Crippen LogP contribution in [0, 0.1) is 0 Å². The molecule has 0 aromatic carbocycles. The minimum absolute atomic E-state index is 0.00741. The van der Waals surface area contributed by atoms with Crippen LogP contribution >= 0.6 is 0 Å². The number of imidazole rings is 1. The summed E-state index contributed by atoms with van der Waals surface area (Å²) in [5.74, 6) is -0.0838. The first-order chi connectivity index (χ1) is 12.0. The van der Waals surface area contributed by atoms with Crippen molar-refractivity contribution in [2.45, 2.75) is 25.9 Å². The average molecular weight is 342 g/mol. The molecule has 1 N–H and O–H groups in total. The zero-order valence-corrected chi connectivity index (χ0v) is 14.5. The van der Waals surface area contributed by atoms with Crippen LogP contribution in [0.15, 0.2) is 18.6 Å². The molecule has 2 aromatic heterocycles. The van der Waals surface area contributed by atoms with Gasteiger partial charge in [-0.1, -0.05) is 0 Å². The van der Waals surface area contributed by atoms with Crippen LogP contribution in [0.2, 0.25) is 0 Å². The lowest BCUT2D eigenvalue weighted by atomic mass is 10.1. The number of pyridine rings is 1. The summed E-state index contributed by atoms with van der Waals surface area (Å²) in [6.07, 6.45) is 3.36. The van der Waals surface area contributed by atoms with Crippen LogP contribution in [-0.4, -0.2) is 74.9 Å². The number of rotatable bonds is 2. The molecule has 8 heteroatoms. The highest BCUT2D eigenvalue weighted by atomic mass is 16.2. The average Bonchev–Trinajstić information content (AvgIpc) is 3.04. The van der Waals surface area contributed by atoms with Gasteiger partial charge < -0.3 is 14.8 Å². The maximum Gasteiger partial charge on any atom is 0.255 e. The lowest BCUT2D eigenvalue weighted by Crippen LogP contribution is -2.64. The lowest BCUT2D eigenvalue weighted by Gasteiger charge is -2.42. The third-order valence-corrected chi connectivity index (χ3v) is 5.00. The van der Waals surface area contributed by atoms with E-state index in [0.717, 1.165) is 18.7 Å². The Labute approximate surface area is 145 Å². The Bertz CT molecular complexity index is 830. The van der Waals surface area contributed by atoms with Gasteiger partial charge in [-0.2, -0.15) is 0 Å². The van der Waals surface area contributed by atoms with Crippen molar-refractivity contribution >= 4 is 23.0 Å². The highest BCUT2D eigenvalue weighted by Gasteiger charge is 2.36. The summed E-state index contributed by atoms with van der Waals surface area (Å²) in [7, 11) is 0. The number of carbonyl (C=O) groups is 2. The number of fused-ring (bicyclic) bond motifs is 2. The van der Waals surface area contributed by atoms with Gasteiger partial charge in [0.25, 0.3) is 5.91 Å². The molecule has 2 aliphatic rings. The van der Waals surface area contributed by atoms with Gasteiger partial charge in [0.1, 0.15) is 11.6 Å². The molecule has 2 saturated heterocycles. The molecular formula is C17H22N6O2. The summed E-state index contributed by atoms with van der Waals surface area (Å²) in [5, 5.41) is 2.87. The zero-order chi connectivity index (χ0) is 17.6. The summed E-state index contributed by atoms with van der Waals surface area (Å²) >= 11 is 0. The Hall–Kier alpha value is -2.48. The molecule has 1 unspecified atom stereocenters. The van der Waals surface area contributed by atoms with E-state index in [-0.39, 0.29) is 23.9 Å². The van der Waals surface area contributed by atoms with Crippen molar-refractivity contribution in [3.63, 3.8) is 0 Å². The number of piperazine rings is 2. The van der Waals surface area contributed by atoms with Gasteiger partial charge in [-0.05, 0) is 19.9 Å². The van der Waals surface area contributed by atoms with E-state index in [2.05, 4.69) is 34.0 Å². The van der Waals surface area contributed by atoms with E-state index in [0.29, 0.717) is 30.7 Å². The molecule has 0 radical (unpaired) electrons. The molecule has 0 bridgehead atoms. The molecule has 2 amide bonds. The van der Waals surface area contributed by atoms with Crippen LogP contribution in [0.1, 0.15) is 30.2 Å². The van der Waals surface area contributed by atoms with Crippen LogP contribution in [0.3, 0.4) is 0 Å². The molecule has 2 aromatic rings. The smallest absolute Gasteiger partial charge is 0.255 e. The van der Waals surface area contributed by atoms with Gasteiger partial charge in [0.05, 0.1) is 11.9 Å². The fourth-order valence-electron chi connectivity index (χ4n) is 3.56. The minimum atomic E-state index is -0.247. The number of hydrogen-bond donors (Lipinski definition) is 1. The molecule has 4 heterocycles. The van der Waals surface area contributed by atoms with Crippen molar-refractivity contribution in [2.75, 3.05) is 32.7 Å². The van der Waals surface area contributed by atoms with Crippen molar-refractivity contribution in [1.29, 1.82) is 0 Å². The quantitative estimate of drug-likeness (QED) is 0.847. The van der Waals surface area contributed by atoms with E-state index in [4.69, 9.17) is 0 Å². The SMILES string of the molecule is CC(C)n1cnc2cc(C(=O)N3CCN4CCNC(=O)C4C3)cnc21. The van der Waals surface area contributed by atoms with E-state index in [9.17, 15) is 9.59 Å². The predicted octanol–water partition coefficient (Wildman–Crippen LogP) is 0.268. The number of nitrogens with one attached hydrogen (secondary N) is 1. The topological polar surface area (TPSA) is 83.4 Å². The number of amides is 2. The summed E-state index contributed by atoms with van der Waals surface area (Å²) in [6, 6.07) is 1.80. The molecule has 1 atom stereocenters. The van der Waals surface area contributed by atoms with Crippen LogP contribution in [0.5, 0.6) is 0 Å². The summed E-state index contributed by atoms with van der Waals surface area (Å²) in [6.45, 7) is 7.43. The largest absolute Gasteiger partial charge is 0.353 e. The highest BCUT2D eigenvalue weighted by Crippen LogP contribution is 2.19. The Morgan fingerprint density at radius 2 is 2.12 bits per heavy atom. The molecule has 2 fully saturated rings. The summed E-state index contributed by atoms with van der Waals surface area (Å²) < 4.78 is 1.98. The number of nitrogens with zero attached hydrogens (tertiary/aromatic N) is 5. The van der Waals surface area contributed by atoms with E-state index < -0.39 is 0 Å². The Balaban J connectivity index is 1.56. The first kappa shape index (κ1) is 16.0. The predicted molar refractivity (Wildman–Crippen MR) is 92.2 cm³/mol. The van der Waals surface area contributed by atoms with Crippen molar-refractivity contribution < 1.29 is 9.59 Å². The third-order valence-electron chi connectivity index (χ3n) is 5.00. The molecular weight excluding hydrogens is 320 g/mol. The standard InChI is InChI=1S/C17H22N6O2/c1-11(2)23-10-20-13-7-12(8-19-15(13)23)17(25)22-6-5-21-4-3-18-16(24)14(21)9-22/h7-8,10-11,14H,3-6,9H2,1-2H3,(H,18,24). The zero-order valence-electron chi connectivity index (χ0n) is 14.5. The van der Waals surface area contributed by atoms with Crippen LogP contribution in [0.4, 0.5) is 0 Å². The van der Waals surface area contributed by atoms with Crippen molar-refractivity contribution in [1.82, 2.24) is 29.7 Å². The normalized spacial score (nSPS) is 21.5. The molecule has 0 aliphatic carbocycles. The number of hydrogen-bond acceptors (Lipinski definition) is 5. The fourth-order valence-corrected chi connectivity index (χ4v) is 3.56. The molecule has 132 valence electrons. The summed E-state index contributed by atoms with van der Waals surface area (Å²) in [5.41, 5.74) is 2.02. The van der Waals surface area contributed by atoms with Crippen LogP contribution in [0.25, 0.3) is 11.2 Å². The Morgan fingerprint density at radius 1 is 1.28 bits per heavy atom. The minimum Gasteiger partial charge on any atom is -0.353 e. The number of aromatic nitrogens is 3. The maximum absolute atomic E-state index is 12.9. The molecule has 2 aliphatic heterocycles. The second-order valence-corrected chi connectivity index (χ2v) is 6.91. The van der Waals surface area contributed by atoms with Crippen molar-refractivity contribution in [2.24, 2.45) is 0 Å². The fraction of sp³-hybridized carbons (Fsp3) is 0.529. The lowest BCUT2D eigenvalue weighted by molar-refractivity contribution is -0.131. The molecule has 4 rings (SSSR count). The third kappa shape index (κ3) is 2.76. The van der Waals surface area contributed by atoms with Gasteiger partial charge in [0.15, 0.2) is 5.65 Å². The van der Waals surface area contributed by atoms with Crippen LogP contribution in [-0.2, 0) is 4.79 Å². The van der Waals surface area contributed by atoms with E-state index in [1.807, 2.05) is 4.57 Å². The highest BCUT2D eigenvalue weighted by molar-refractivity contribution is 5.97. The first-order valence-electron chi connectivity index (χ1n) is 8.68. The van der Waals surface area contributed by atoms with Crippen molar-refractivity contribution in [3.05, 3.63) is 24.2 Å².